The van der Waals surface area contributed by atoms with Gasteiger partial charge in [-0.15, -0.1) is 0 Å². The van der Waals surface area contributed by atoms with Gasteiger partial charge >= 0.3 is 0 Å². The van der Waals surface area contributed by atoms with Gasteiger partial charge in [-0.1, -0.05) is 38.0 Å². The molecular weight excluding hydrogens is 376 g/mol. The Morgan fingerprint density at radius 3 is 2.50 bits per heavy atom. The molecule has 0 saturated carbocycles. The summed E-state index contributed by atoms with van der Waals surface area (Å²) in [6.45, 7) is 10.4. The van der Waals surface area contributed by atoms with Crippen molar-refractivity contribution in [1.29, 1.82) is 0 Å². The van der Waals surface area contributed by atoms with Crippen LogP contribution in [0.1, 0.15) is 61.9 Å². The van der Waals surface area contributed by atoms with Gasteiger partial charge in [0, 0.05) is 50.9 Å². The molecule has 30 heavy (non-hydrogen) atoms. The second-order valence-corrected chi connectivity index (χ2v) is 9.27. The average molecular weight is 413 g/mol. The predicted octanol–water partition coefficient (Wildman–Crippen LogP) is 2.44. The Bertz CT molecular complexity index is 764. The van der Waals surface area contributed by atoms with E-state index in [9.17, 15) is 9.59 Å². The molecule has 6 nitrogen and oxygen atoms in total. The van der Waals surface area contributed by atoms with Crippen molar-refractivity contribution >= 4 is 11.8 Å². The number of benzene rings is 1. The number of nitrogens with one attached hydrogen (secondary N) is 1. The van der Waals surface area contributed by atoms with Gasteiger partial charge in [0.15, 0.2) is 0 Å². The van der Waals surface area contributed by atoms with Crippen molar-refractivity contribution in [2.75, 3.05) is 45.8 Å². The molecule has 2 amide bonds. The van der Waals surface area contributed by atoms with Crippen LogP contribution in [0.2, 0.25) is 0 Å². The molecule has 164 valence electrons. The van der Waals surface area contributed by atoms with Crippen LogP contribution in [0.4, 0.5) is 0 Å². The zero-order valence-corrected chi connectivity index (χ0v) is 18.5. The van der Waals surface area contributed by atoms with Crippen LogP contribution in [0, 0.1) is 0 Å². The highest BCUT2D eigenvalue weighted by Gasteiger charge is 2.44. The van der Waals surface area contributed by atoms with Crippen LogP contribution < -0.4 is 5.32 Å². The summed E-state index contributed by atoms with van der Waals surface area (Å²) in [6, 6.07) is 8.55. The molecule has 3 aliphatic rings. The number of piperazine rings is 1. The highest BCUT2D eigenvalue weighted by molar-refractivity contribution is 6.00. The topological polar surface area (TPSA) is 55.9 Å². The molecule has 6 heteroatoms. The zero-order valence-electron chi connectivity index (χ0n) is 18.5. The van der Waals surface area contributed by atoms with Crippen LogP contribution in [-0.4, -0.2) is 78.4 Å². The van der Waals surface area contributed by atoms with Crippen molar-refractivity contribution in [2.24, 2.45) is 0 Å². The largest absolute Gasteiger partial charge is 0.342 e. The van der Waals surface area contributed by atoms with E-state index in [2.05, 4.69) is 35.0 Å². The number of piperidine rings is 1. The van der Waals surface area contributed by atoms with E-state index < -0.39 is 0 Å². The van der Waals surface area contributed by atoms with Crippen molar-refractivity contribution in [3.05, 3.63) is 35.4 Å². The molecule has 1 atom stereocenters. The van der Waals surface area contributed by atoms with Crippen molar-refractivity contribution in [3.8, 4) is 0 Å². The molecule has 3 aliphatic heterocycles. The summed E-state index contributed by atoms with van der Waals surface area (Å²) in [4.78, 5) is 32.1. The maximum Gasteiger partial charge on any atom is 0.252 e. The fourth-order valence-corrected chi connectivity index (χ4v) is 5.32. The van der Waals surface area contributed by atoms with E-state index in [1.807, 2.05) is 23.1 Å². The number of amides is 2. The van der Waals surface area contributed by atoms with Gasteiger partial charge in [-0.05, 0) is 37.8 Å². The SMILES string of the molecule is CCCCC(C)N1CCN(C(=O)CN2CCC3(CC2)NC(=O)c2ccccc23)CC1. The first kappa shape index (κ1) is 21.3. The third kappa shape index (κ3) is 4.26. The molecule has 0 aromatic heterocycles. The van der Waals surface area contributed by atoms with Gasteiger partial charge in [0.1, 0.15) is 0 Å². The van der Waals surface area contributed by atoms with Gasteiger partial charge in [0.05, 0.1) is 12.1 Å². The molecule has 1 aromatic carbocycles. The van der Waals surface area contributed by atoms with Crippen molar-refractivity contribution in [3.63, 3.8) is 0 Å². The van der Waals surface area contributed by atoms with E-state index in [4.69, 9.17) is 0 Å². The number of likely N-dealkylation sites (tertiary alicyclic amines) is 1. The number of unbranched alkanes of at least 4 members (excludes halogenated alkanes) is 1. The molecule has 1 aromatic rings. The fourth-order valence-electron chi connectivity index (χ4n) is 5.32. The number of fused-ring (bicyclic) bond motifs is 2. The summed E-state index contributed by atoms with van der Waals surface area (Å²) < 4.78 is 0. The molecule has 2 fully saturated rings. The number of rotatable bonds is 6. The zero-order chi connectivity index (χ0) is 21.1. The molecule has 1 spiro atoms. The Hall–Kier alpha value is -1.92. The van der Waals surface area contributed by atoms with Crippen molar-refractivity contribution in [2.45, 2.75) is 57.5 Å². The lowest BCUT2D eigenvalue weighted by Crippen LogP contribution is -2.55. The van der Waals surface area contributed by atoms with Crippen molar-refractivity contribution < 1.29 is 9.59 Å². The van der Waals surface area contributed by atoms with E-state index in [1.165, 1.54) is 19.3 Å². The lowest BCUT2D eigenvalue weighted by Gasteiger charge is -2.41. The number of carbonyl (C=O) groups is 2. The van der Waals surface area contributed by atoms with Gasteiger partial charge in [0.2, 0.25) is 5.91 Å². The minimum Gasteiger partial charge on any atom is -0.342 e. The lowest BCUT2D eigenvalue weighted by molar-refractivity contribution is -0.135. The molecular formula is C24H36N4O2. The first-order valence-corrected chi connectivity index (χ1v) is 11.7. The molecule has 0 radical (unpaired) electrons. The average Bonchev–Trinajstić information content (AvgIpc) is 3.05. The molecule has 2 saturated heterocycles. The molecule has 4 rings (SSSR count). The Morgan fingerprint density at radius 1 is 1.10 bits per heavy atom. The summed E-state index contributed by atoms with van der Waals surface area (Å²) in [6.07, 6.45) is 5.51. The number of hydrogen-bond donors (Lipinski definition) is 1. The third-order valence-electron chi connectivity index (χ3n) is 7.37. The van der Waals surface area contributed by atoms with Crippen LogP contribution in [-0.2, 0) is 10.3 Å². The van der Waals surface area contributed by atoms with E-state index in [0.29, 0.717) is 12.6 Å². The minimum absolute atomic E-state index is 0.0427. The number of carbonyl (C=O) groups excluding carboxylic acids is 2. The van der Waals surface area contributed by atoms with Crippen LogP contribution >= 0.6 is 0 Å². The van der Waals surface area contributed by atoms with Gasteiger partial charge in [0.25, 0.3) is 5.91 Å². The normalized spacial score (nSPS) is 22.7. The van der Waals surface area contributed by atoms with E-state index in [1.54, 1.807) is 0 Å². The van der Waals surface area contributed by atoms with Gasteiger partial charge in [-0.25, -0.2) is 0 Å². The second-order valence-electron chi connectivity index (χ2n) is 9.27. The Labute approximate surface area is 180 Å². The monoisotopic (exact) mass is 412 g/mol. The standard InChI is InChI=1S/C24H36N4O2/c1-3-4-7-19(2)27-14-16-28(17-15-27)22(29)18-26-12-10-24(11-13-26)21-9-6-5-8-20(21)23(30)25-24/h5-6,8-9,19H,3-4,7,10-18H2,1-2H3,(H,25,30). The Kier molecular flexibility index (Phi) is 6.44. The predicted molar refractivity (Wildman–Crippen MR) is 118 cm³/mol. The van der Waals surface area contributed by atoms with E-state index >= 15 is 0 Å². The summed E-state index contributed by atoms with van der Waals surface area (Å²) in [5.74, 6) is 0.295. The lowest BCUT2D eigenvalue weighted by atomic mass is 9.82. The molecule has 1 unspecified atom stereocenters. The number of hydrogen-bond acceptors (Lipinski definition) is 4. The quantitative estimate of drug-likeness (QED) is 0.780. The van der Waals surface area contributed by atoms with Crippen molar-refractivity contribution in [1.82, 2.24) is 20.0 Å². The summed E-state index contributed by atoms with van der Waals surface area (Å²) >= 11 is 0. The first-order valence-electron chi connectivity index (χ1n) is 11.7. The Morgan fingerprint density at radius 2 is 1.80 bits per heavy atom. The maximum atomic E-state index is 12.9. The minimum atomic E-state index is -0.243. The van der Waals surface area contributed by atoms with Crippen LogP contribution in [0.15, 0.2) is 24.3 Å². The highest BCUT2D eigenvalue weighted by Crippen LogP contribution is 2.39. The summed E-state index contributed by atoms with van der Waals surface area (Å²) in [5, 5.41) is 3.24. The summed E-state index contributed by atoms with van der Waals surface area (Å²) in [7, 11) is 0. The van der Waals surface area contributed by atoms with E-state index in [-0.39, 0.29) is 17.4 Å². The highest BCUT2D eigenvalue weighted by atomic mass is 16.2. The second kappa shape index (κ2) is 9.06. The molecule has 0 bridgehead atoms. The summed E-state index contributed by atoms with van der Waals surface area (Å²) in [5.41, 5.74) is 1.70. The molecule has 3 heterocycles. The number of nitrogens with zero attached hydrogens (tertiary/aromatic N) is 3. The van der Waals surface area contributed by atoms with Gasteiger partial charge in [-0.3, -0.25) is 19.4 Å². The van der Waals surface area contributed by atoms with Gasteiger partial charge < -0.3 is 10.2 Å². The van der Waals surface area contributed by atoms with E-state index in [0.717, 1.165) is 63.2 Å². The first-order chi connectivity index (χ1) is 14.5. The Balaban J connectivity index is 1.25. The fraction of sp³-hybridized carbons (Fsp3) is 0.667. The molecule has 1 N–H and O–H groups in total. The van der Waals surface area contributed by atoms with Crippen LogP contribution in [0.5, 0.6) is 0 Å². The van der Waals surface area contributed by atoms with Crippen LogP contribution in [0.3, 0.4) is 0 Å². The molecule has 0 aliphatic carbocycles. The van der Waals surface area contributed by atoms with Gasteiger partial charge in [-0.2, -0.15) is 0 Å². The maximum absolute atomic E-state index is 12.9. The van der Waals surface area contributed by atoms with Crippen LogP contribution in [0.25, 0.3) is 0 Å². The third-order valence-corrected chi connectivity index (χ3v) is 7.37. The smallest absolute Gasteiger partial charge is 0.252 e.